The van der Waals surface area contributed by atoms with Gasteiger partial charge >= 0.3 is 5.97 Å². The molecular weight excluding hydrogens is 305 g/mol. The van der Waals surface area contributed by atoms with Crippen LogP contribution in [-0.2, 0) is 0 Å². The van der Waals surface area contributed by atoms with E-state index >= 15 is 0 Å². The van der Waals surface area contributed by atoms with Gasteiger partial charge in [-0.3, -0.25) is 4.98 Å². The van der Waals surface area contributed by atoms with Gasteiger partial charge in [-0.2, -0.15) is 0 Å². The Hall–Kier alpha value is -2.02. The summed E-state index contributed by atoms with van der Waals surface area (Å²) in [7, 11) is 0. The predicted octanol–water partition coefficient (Wildman–Crippen LogP) is 2.82. The molecule has 2 rings (SSSR count). The van der Waals surface area contributed by atoms with Crippen molar-refractivity contribution in [3.05, 3.63) is 46.6 Å². The van der Waals surface area contributed by atoms with Crippen LogP contribution in [0.3, 0.4) is 0 Å². The average Bonchev–Trinajstić information content (AvgIpc) is 2.34. The number of benzene rings is 1. The molecule has 1 heterocycles. The van der Waals surface area contributed by atoms with E-state index < -0.39 is 5.97 Å². The summed E-state index contributed by atoms with van der Waals surface area (Å²) in [6, 6.07) is 4.31. The molecule has 0 aliphatic heterocycles. The summed E-state index contributed by atoms with van der Waals surface area (Å²) in [5, 5.41) is 11.6. The van der Waals surface area contributed by atoms with E-state index in [-0.39, 0.29) is 17.3 Å². The summed E-state index contributed by atoms with van der Waals surface area (Å²) in [6.45, 7) is 0. The second-order valence-electron chi connectivity index (χ2n) is 3.35. The van der Waals surface area contributed by atoms with Crippen LogP contribution in [0.2, 0.25) is 0 Å². The summed E-state index contributed by atoms with van der Waals surface area (Å²) in [5.41, 5.74) is 0.404. The molecule has 0 amide bonds. The molecule has 2 aromatic rings. The number of rotatable bonds is 3. The van der Waals surface area contributed by atoms with Crippen LogP contribution in [-0.4, -0.2) is 21.0 Å². The fourth-order valence-corrected chi connectivity index (χ4v) is 1.63. The highest BCUT2D eigenvalue weighted by molar-refractivity contribution is 9.10. The number of hydrogen-bond donors (Lipinski definition) is 2. The molecule has 0 atom stereocenters. The van der Waals surface area contributed by atoms with Crippen molar-refractivity contribution in [1.29, 1.82) is 0 Å². The highest BCUT2D eigenvalue weighted by atomic mass is 79.9. The summed E-state index contributed by atoms with van der Waals surface area (Å²) in [5.74, 6) is -1.27. The Bertz CT molecular complexity index is 607. The van der Waals surface area contributed by atoms with Gasteiger partial charge in [-0.25, -0.2) is 14.2 Å². The third-order valence-electron chi connectivity index (χ3n) is 2.05. The Morgan fingerprint density at radius 2 is 2.17 bits per heavy atom. The van der Waals surface area contributed by atoms with Crippen LogP contribution in [0.1, 0.15) is 10.5 Å². The van der Waals surface area contributed by atoms with E-state index in [2.05, 4.69) is 31.2 Å². The molecule has 0 unspecified atom stereocenters. The normalized spacial score (nSPS) is 10.1. The lowest BCUT2D eigenvalue weighted by molar-refractivity contribution is 0.0690. The molecule has 92 valence electrons. The quantitative estimate of drug-likeness (QED) is 0.911. The smallest absolute Gasteiger partial charge is 0.356 e. The molecule has 2 N–H and O–H groups in total. The highest BCUT2D eigenvalue weighted by Gasteiger charge is 2.07. The van der Waals surface area contributed by atoms with Crippen molar-refractivity contribution in [3.63, 3.8) is 0 Å². The van der Waals surface area contributed by atoms with Crippen LogP contribution >= 0.6 is 15.9 Å². The SMILES string of the molecule is O=C(O)c1cncc(Nc2ccc(F)c(Br)c2)n1. The lowest BCUT2D eigenvalue weighted by Gasteiger charge is -2.06. The van der Waals surface area contributed by atoms with Gasteiger partial charge in [-0.15, -0.1) is 0 Å². The van der Waals surface area contributed by atoms with E-state index in [1.165, 1.54) is 24.4 Å². The first-order valence-electron chi connectivity index (χ1n) is 4.83. The first-order chi connectivity index (χ1) is 8.56. The topological polar surface area (TPSA) is 75.1 Å². The molecule has 1 aromatic heterocycles. The standard InChI is InChI=1S/C11H7BrFN3O2/c12-7-3-6(1-2-8(7)13)15-10-5-14-4-9(16-10)11(17)18/h1-5H,(H,15,16)(H,17,18). The lowest BCUT2D eigenvalue weighted by atomic mass is 10.3. The third-order valence-corrected chi connectivity index (χ3v) is 2.65. The van der Waals surface area contributed by atoms with Gasteiger partial charge in [0.05, 0.1) is 16.9 Å². The number of nitrogens with zero attached hydrogens (tertiary/aromatic N) is 2. The summed E-state index contributed by atoms with van der Waals surface area (Å²) < 4.78 is 13.3. The molecule has 0 saturated heterocycles. The van der Waals surface area contributed by atoms with Gasteiger partial charge in [0, 0.05) is 5.69 Å². The van der Waals surface area contributed by atoms with Crippen LogP contribution in [0.15, 0.2) is 35.1 Å². The number of aromatic nitrogens is 2. The second-order valence-corrected chi connectivity index (χ2v) is 4.20. The highest BCUT2D eigenvalue weighted by Crippen LogP contribution is 2.22. The second kappa shape index (κ2) is 5.09. The van der Waals surface area contributed by atoms with E-state index in [0.717, 1.165) is 6.20 Å². The zero-order valence-electron chi connectivity index (χ0n) is 8.89. The van der Waals surface area contributed by atoms with Gasteiger partial charge in [-0.05, 0) is 34.1 Å². The summed E-state index contributed by atoms with van der Waals surface area (Å²) in [6.07, 6.45) is 2.53. The minimum atomic E-state index is -1.16. The van der Waals surface area contributed by atoms with Gasteiger partial charge in [0.2, 0.25) is 0 Å². The number of anilines is 2. The maximum absolute atomic E-state index is 13.0. The van der Waals surface area contributed by atoms with Crippen molar-refractivity contribution in [2.45, 2.75) is 0 Å². The molecule has 0 saturated carbocycles. The lowest BCUT2D eigenvalue weighted by Crippen LogP contribution is -2.04. The molecule has 0 radical (unpaired) electrons. The molecule has 5 nitrogen and oxygen atoms in total. The number of carboxylic acid groups (broad SMARTS) is 1. The van der Waals surface area contributed by atoms with Crippen LogP contribution in [0.5, 0.6) is 0 Å². The summed E-state index contributed by atoms with van der Waals surface area (Å²) in [4.78, 5) is 18.3. The molecule has 18 heavy (non-hydrogen) atoms. The first kappa shape index (κ1) is 12.4. The Balaban J connectivity index is 2.25. The van der Waals surface area contributed by atoms with Gasteiger partial charge in [0.1, 0.15) is 11.6 Å². The largest absolute Gasteiger partial charge is 0.476 e. The Morgan fingerprint density at radius 3 is 2.83 bits per heavy atom. The molecule has 7 heteroatoms. The third kappa shape index (κ3) is 2.80. The van der Waals surface area contributed by atoms with Crippen LogP contribution in [0, 0.1) is 5.82 Å². The van der Waals surface area contributed by atoms with Crippen molar-refractivity contribution in [2.75, 3.05) is 5.32 Å². The van der Waals surface area contributed by atoms with Crippen molar-refractivity contribution < 1.29 is 14.3 Å². The first-order valence-corrected chi connectivity index (χ1v) is 5.63. The van der Waals surface area contributed by atoms with Gasteiger partial charge in [0.25, 0.3) is 0 Å². The van der Waals surface area contributed by atoms with E-state index in [4.69, 9.17) is 5.11 Å². The van der Waals surface area contributed by atoms with Crippen molar-refractivity contribution in [3.8, 4) is 0 Å². The van der Waals surface area contributed by atoms with Gasteiger partial charge < -0.3 is 10.4 Å². The van der Waals surface area contributed by atoms with Crippen molar-refractivity contribution >= 4 is 33.4 Å². The van der Waals surface area contributed by atoms with E-state index in [1.54, 1.807) is 0 Å². The summed E-state index contributed by atoms with van der Waals surface area (Å²) >= 11 is 3.05. The number of halogens is 2. The number of hydrogen-bond acceptors (Lipinski definition) is 4. The number of aromatic carboxylic acids is 1. The zero-order valence-corrected chi connectivity index (χ0v) is 10.5. The minimum absolute atomic E-state index is 0.166. The average molecular weight is 312 g/mol. The predicted molar refractivity (Wildman–Crippen MR) is 66.4 cm³/mol. The fourth-order valence-electron chi connectivity index (χ4n) is 1.25. The molecule has 0 spiro atoms. The molecule has 1 aromatic carbocycles. The van der Waals surface area contributed by atoms with Crippen LogP contribution < -0.4 is 5.32 Å². The molecular formula is C11H7BrFN3O2. The van der Waals surface area contributed by atoms with Crippen molar-refractivity contribution in [2.24, 2.45) is 0 Å². The minimum Gasteiger partial charge on any atom is -0.476 e. The van der Waals surface area contributed by atoms with E-state index in [0.29, 0.717) is 10.2 Å². The number of nitrogens with one attached hydrogen (secondary N) is 1. The Labute approximate surface area is 110 Å². The van der Waals surface area contributed by atoms with E-state index in [9.17, 15) is 9.18 Å². The maximum Gasteiger partial charge on any atom is 0.356 e. The Kier molecular flexibility index (Phi) is 3.52. The van der Waals surface area contributed by atoms with Gasteiger partial charge in [-0.1, -0.05) is 0 Å². The molecule has 0 aliphatic carbocycles. The van der Waals surface area contributed by atoms with Gasteiger partial charge in [0.15, 0.2) is 5.69 Å². The number of carboxylic acids is 1. The molecule has 0 aliphatic rings. The zero-order chi connectivity index (χ0) is 13.1. The maximum atomic E-state index is 13.0. The van der Waals surface area contributed by atoms with Crippen LogP contribution in [0.4, 0.5) is 15.9 Å². The van der Waals surface area contributed by atoms with Crippen LogP contribution in [0.25, 0.3) is 0 Å². The molecule has 0 fully saturated rings. The Morgan fingerprint density at radius 1 is 1.39 bits per heavy atom. The monoisotopic (exact) mass is 311 g/mol. The fraction of sp³-hybridized carbons (Fsp3) is 0. The van der Waals surface area contributed by atoms with E-state index in [1.807, 2.05) is 0 Å². The van der Waals surface area contributed by atoms with Crippen molar-refractivity contribution in [1.82, 2.24) is 9.97 Å². The number of carbonyl (C=O) groups is 1. The molecule has 0 bridgehead atoms.